The maximum atomic E-state index is 13.9. The molecule has 38 heavy (non-hydrogen) atoms. The monoisotopic (exact) mass is 542 g/mol. The maximum absolute atomic E-state index is 13.9. The van der Waals surface area contributed by atoms with Crippen LogP contribution in [-0.4, -0.2) is 18.9 Å². The van der Waals surface area contributed by atoms with Gasteiger partial charge in [0, 0.05) is 5.92 Å². The normalized spacial score (nSPS) is 37.8. The van der Waals surface area contributed by atoms with Crippen LogP contribution in [0.4, 0.5) is 17.6 Å². The number of allylic oxidation sites excluding steroid dienone is 2. The van der Waals surface area contributed by atoms with Crippen molar-refractivity contribution in [3.05, 3.63) is 11.9 Å². The summed E-state index contributed by atoms with van der Waals surface area (Å²) in [6.07, 6.45) is 20.3. The summed E-state index contributed by atoms with van der Waals surface area (Å²) in [5, 5.41) is 0. The highest BCUT2D eigenvalue weighted by molar-refractivity contribution is 5.03. The lowest BCUT2D eigenvalue weighted by atomic mass is 9.71. The first kappa shape index (κ1) is 30.4. The van der Waals surface area contributed by atoms with E-state index in [2.05, 4.69) is 6.92 Å². The summed E-state index contributed by atoms with van der Waals surface area (Å²) < 4.78 is 57.7. The summed E-state index contributed by atoms with van der Waals surface area (Å²) in [7, 11) is 0. The fraction of sp³-hybridized carbons (Fsp3) is 0.939. The lowest BCUT2D eigenvalue weighted by molar-refractivity contribution is -0.0821. The highest BCUT2D eigenvalue weighted by atomic mass is 19.4. The number of hydrogen-bond donors (Lipinski definition) is 0. The molecule has 2 atom stereocenters. The third kappa shape index (κ3) is 9.51. The van der Waals surface area contributed by atoms with Gasteiger partial charge in [0.15, 0.2) is 0 Å². The quantitative estimate of drug-likeness (QED) is 0.197. The molecule has 3 aliphatic carbocycles. The Morgan fingerprint density at radius 2 is 1.18 bits per heavy atom. The SMILES string of the molecule is CCCCCC1CCC(C2CCC(C3CCC(CCC4CCC(/C(F)=C/C(F)(F)F)CC4)CC3)OC2)CC1. The Kier molecular flexibility index (Phi) is 11.9. The Balaban J connectivity index is 1.07. The number of unbranched alkanes of at least 4 members (excludes halogenated alkanes) is 2. The molecule has 0 N–H and O–H groups in total. The average Bonchev–Trinajstić information content (AvgIpc) is 2.92. The van der Waals surface area contributed by atoms with Crippen LogP contribution in [0.25, 0.3) is 0 Å². The molecular weight excluding hydrogens is 488 g/mol. The summed E-state index contributed by atoms with van der Waals surface area (Å²) in [6.45, 7) is 3.30. The van der Waals surface area contributed by atoms with Gasteiger partial charge in [-0.25, -0.2) is 4.39 Å². The fourth-order valence-corrected chi connectivity index (χ4v) is 8.49. The van der Waals surface area contributed by atoms with E-state index in [0.717, 1.165) is 55.5 Å². The molecule has 4 aliphatic rings. The van der Waals surface area contributed by atoms with Gasteiger partial charge in [0.05, 0.1) is 18.8 Å². The van der Waals surface area contributed by atoms with Gasteiger partial charge in [-0.3, -0.25) is 0 Å². The van der Waals surface area contributed by atoms with E-state index in [4.69, 9.17) is 4.74 Å². The summed E-state index contributed by atoms with van der Waals surface area (Å²) in [5.41, 5.74) is 0. The zero-order valence-corrected chi connectivity index (χ0v) is 24.0. The summed E-state index contributed by atoms with van der Waals surface area (Å²) in [5.74, 6) is 3.29. The minimum absolute atomic E-state index is 0.132. The predicted octanol–water partition coefficient (Wildman–Crippen LogP) is 11.0. The molecule has 1 saturated heterocycles. The topological polar surface area (TPSA) is 9.23 Å². The van der Waals surface area contributed by atoms with Crippen molar-refractivity contribution in [3.63, 3.8) is 0 Å². The summed E-state index contributed by atoms with van der Waals surface area (Å²) in [4.78, 5) is 0. The first-order valence-electron chi connectivity index (χ1n) is 16.4. The van der Waals surface area contributed by atoms with Crippen molar-refractivity contribution in [2.45, 2.75) is 148 Å². The number of ether oxygens (including phenoxy) is 1. The molecule has 0 radical (unpaired) electrons. The van der Waals surface area contributed by atoms with Crippen LogP contribution in [0.3, 0.4) is 0 Å². The number of alkyl halides is 3. The fourth-order valence-electron chi connectivity index (χ4n) is 8.49. The smallest absolute Gasteiger partial charge is 0.378 e. The van der Waals surface area contributed by atoms with Gasteiger partial charge >= 0.3 is 6.18 Å². The van der Waals surface area contributed by atoms with Gasteiger partial charge in [0.2, 0.25) is 0 Å². The van der Waals surface area contributed by atoms with Gasteiger partial charge in [-0.2, -0.15) is 13.2 Å². The van der Waals surface area contributed by atoms with Gasteiger partial charge in [0.25, 0.3) is 0 Å². The Bertz CT molecular complexity index is 686. The van der Waals surface area contributed by atoms with Crippen LogP contribution >= 0.6 is 0 Å². The van der Waals surface area contributed by atoms with Gasteiger partial charge in [0.1, 0.15) is 5.83 Å². The van der Waals surface area contributed by atoms with Crippen LogP contribution in [0.2, 0.25) is 0 Å². The second-order valence-electron chi connectivity index (χ2n) is 13.6. The Hall–Kier alpha value is -0.580. The molecule has 1 nitrogen and oxygen atoms in total. The van der Waals surface area contributed by atoms with Crippen molar-refractivity contribution in [3.8, 4) is 0 Å². The second-order valence-corrected chi connectivity index (χ2v) is 13.6. The first-order chi connectivity index (χ1) is 18.3. The molecule has 0 amide bonds. The molecule has 2 unspecified atom stereocenters. The van der Waals surface area contributed by atoms with E-state index < -0.39 is 17.9 Å². The third-order valence-corrected chi connectivity index (χ3v) is 11.1. The second kappa shape index (κ2) is 14.9. The van der Waals surface area contributed by atoms with Crippen molar-refractivity contribution in [1.82, 2.24) is 0 Å². The van der Waals surface area contributed by atoms with E-state index in [1.165, 1.54) is 96.3 Å². The molecule has 0 aromatic heterocycles. The highest BCUT2D eigenvalue weighted by Crippen LogP contribution is 2.43. The zero-order valence-electron chi connectivity index (χ0n) is 24.0. The van der Waals surface area contributed by atoms with Crippen LogP contribution in [0.5, 0.6) is 0 Å². The minimum atomic E-state index is -4.54. The van der Waals surface area contributed by atoms with Crippen molar-refractivity contribution in [2.75, 3.05) is 6.61 Å². The molecule has 1 heterocycles. The van der Waals surface area contributed by atoms with Gasteiger partial charge < -0.3 is 4.74 Å². The molecular formula is C33H54F4O. The number of rotatable bonds is 10. The van der Waals surface area contributed by atoms with Crippen LogP contribution in [-0.2, 0) is 4.74 Å². The zero-order chi connectivity index (χ0) is 27.0. The summed E-state index contributed by atoms with van der Waals surface area (Å²) in [6, 6.07) is 0. The van der Waals surface area contributed by atoms with Crippen LogP contribution in [0.1, 0.15) is 135 Å². The van der Waals surface area contributed by atoms with E-state index in [1.54, 1.807) is 0 Å². The molecule has 4 rings (SSSR count). The molecule has 5 heteroatoms. The van der Waals surface area contributed by atoms with Crippen molar-refractivity contribution in [1.29, 1.82) is 0 Å². The molecule has 0 aromatic carbocycles. The Labute approximate surface area is 229 Å². The van der Waals surface area contributed by atoms with Crippen LogP contribution in [0.15, 0.2) is 11.9 Å². The molecule has 0 bridgehead atoms. The molecule has 0 aromatic rings. The molecule has 3 saturated carbocycles. The summed E-state index contributed by atoms with van der Waals surface area (Å²) >= 11 is 0. The lowest BCUT2D eigenvalue weighted by Gasteiger charge is -2.41. The highest BCUT2D eigenvalue weighted by Gasteiger charge is 2.36. The number of hydrogen-bond acceptors (Lipinski definition) is 1. The largest absolute Gasteiger partial charge is 0.412 e. The van der Waals surface area contributed by atoms with E-state index in [9.17, 15) is 17.6 Å². The van der Waals surface area contributed by atoms with E-state index >= 15 is 0 Å². The van der Waals surface area contributed by atoms with Crippen LogP contribution in [0, 0.1) is 41.4 Å². The van der Waals surface area contributed by atoms with E-state index in [1.807, 2.05) is 0 Å². The van der Waals surface area contributed by atoms with Crippen molar-refractivity contribution < 1.29 is 22.3 Å². The standard InChI is InChI=1S/C33H54F4O/c1-2-3-4-5-24-8-14-27(15-9-24)30-20-21-32(38-23-30)29-18-12-26(13-19-29)7-6-25-10-16-28(17-11-25)31(34)22-33(35,36)37/h22,24-30,32H,2-21,23H2,1H3/b31-22-. The molecule has 4 fully saturated rings. The first-order valence-corrected chi connectivity index (χ1v) is 16.4. The predicted molar refractivity (Wildman–Crippen MR) is 147 cm³/mol. The average molecular weight is 543 g/mol. The third-order valence-electron chi connectivity index (χ3n) is 11.1. The minimum Gasteiger partial charge on any atom is -0.378 e. The van der Waals surface area contributed by atoms with E-state index in [-0.39, 0.29) is 6.08 Å². The van der Waals surface area contributed by atoms with Gasteiger partial charge in [-0.15, -0.1) is 0 Å². The number of halogens is 4. The lowest BCUT2D eigenvalue weighted by Crippen LogP contribution is -2.37. The van der Waals surface area contributed by atoms with Crippen molar-refractivity contribution in [2.24, 2.45) is 41.4 Å². The molecule has 220 valence electrons. The van der Waals surface area contributed by atoms with Gasteiger partial charge in [-0.05, 0) is 99.7 Å². The van der Waals surface area contributed by atoms with Crippen molar-refractivity contribution >= 4 is 0 Å². The van der Waals surface area contributed by atoms with Gasteiger partial charge in [-0.1, -0.05) is 71.1 Å². The van der Waals surface area contributed by atoms with Crippen LogP contribution < -0.4 is 0 Å². The Morgan fingerprint density at radius 1 is 0.658 bits per heavy atom. The maximum Gasteiger partial charge on any atom is 0.412 e. The molecule has 0 spiro atoms. The Morgan fingerprint density at radius 3 is 1.71 bits per heavy atom. The van der Waals surface area contributed by atoms with E-state index in [0.29, 0.717) is 24.9 Å². The molecule has 1 aliphatic heterocycles.